The molecule has 0 aliphatic carbocycles. The summed E-state index contributed by atoms with van der Waals surface area (Å²) < 4.78 is 0. The molecule has 3 N–H and O–H groups in total. The zero-order chi connectivity index (χ0) is 17.5. The van der Waals surface area contributed by atoms with Crippen molar-refractivity contribution in [1.29, 1.82) is 0 Å². The normalized spacial score (nSPS) is 10.4. The number of thiocarbonyl (C=S) groups is 1. The van der Waals surface area contributed by atoms with Crippen LogP contribution in [-0.2, 0) is 4.79 Å². The topological polar surface area (TPSA) is 78.4 Å². The number of rotatable bonds is 4. The van der Waals surface area contributed by atoms with Crippen molar-refractivity contribution >= 4 is 52.6 Å². The summed E-state index contributed by atoms with van der Waals surface area (Å²) in [7, 11) is 0. The average Bonchev–Trinajstić information content (AvgIpc) is 2.54. The minimum atomic E-state index is -1.04. The van der Waals surface area contributed by atoms with Gasteiger partial charge < -0.3 is 10.4 Å². The highest BCUT2D eigenvalue weighted by Crippen LogP contribution is 2.11. The van der Waals surface area contributed by atoms with E-state index in [9.17, 15) is 9.59 Å². The third-order valence-corrected chi connectivity index (χ3v) is 3.36. The molecule has 0 atom stereocenters. The molecule has 0 saturated carbocycles. The number of carboxylic acid groups (broad SMARTS) is 1. The maximum atomic E-state index is 11.8. The smallest absolute Gasteiger partial charge is 0.335 e. The zero-order valence-electron chi connectivity index (χ0n) is 12.3. The standard InChI is InChI=1S/C17H13ClN2O3S/c18-13-7-4-11(5-8-13)6-9-15(21)20-17(24)19-14-3-1-2-12(10-14)16(22)23/h1-10H,(H,22,23)(H2,19,20,21,24)/b9-6+. The Morgan fingerprint density at radius 3 is 2.50 bits per heavy atom. The molecule has 24 heavy (non-hydrogen) atoms. The average molecular weight is 361 g/mol. The number of amides is 1. The molecule has 0 aliphatic rings. The second kappa shape index (κ2) is 8.24. The SMILES string of the molecule is O=C(/C=C/c1ccc(Cl)cc1)NC(=S)Nc1cccc(C(=O)O)c1. The van der Waals surface area contributed by atoms with Gasteiger partial charge in [-0.25, -0.2) is 4.79 Å². The number of hydrogen-bond acceptors (Lipinski definition) is 3. The zero-order valence-corrected chi connectivity index (χ0v) is 13.9. The largest absolute Gasteiger partial charge is 0.478 e. The Hall–Kier alpha value is -2.70. The van der Waals surface area contributed by atoms with Crippen LogP contribution in [0.2, 0.25) is 5.02 Å². The molecular formula is C17H13ClN2O3S. The number of aromatic carboxylic acids is 1. The van der Waals surface area contributed by atoms with Gasteiger partial charge in [0.2, 0.25) is 5.91 Å². The second-order valence-electron chi connectivity index (χ2n) is 4.71. The van der Waals surface area contributed by atoms with Crippen LogP contribution in [0.4, 0.5) is 5.69 Å². The predicted molar refractivity (Wildman–Crippen MR) is 98.3 cm³/mol. The highest BCUT2D eigenvalue weighted by molar-refractivity contribution is 7.80. The lowest BCUT2D eigenvalue weighted by atomic mass is 10.2. The summed E-state index contributed by atoms with van der Waals surface area (Å²) in [6.07, 6.45) is 2.96. The van der Waals surface area contributed by atoms with Crippen molar-refractivity contribution in [2.75, 3.05) is 5.32 Å². The molecular weight excluding hydrogens is 348 g/mol. The van der Waals surface area contributed by atoms with Crippen LogP contribution >= 0.6 is 23.8 Å². The lowest BCUT2D eigenvalue weighted by Crippen LogP contribution is -2.32. The Labute approximate surface area is 149 Å². The molecule has 0 fully saturated rings. The van der Waals surface area contributed by atoms with Crippen molar-refractivity contribution in [3.8, 4) is 0 Å². The van der Waals surface area contributed by atoms with Gasteiger partial charge in [0.15, 0.2) is 5.11 Å². The van der Waals surface area contributed by atoms with Crippen LogP contribution in [0.5, 0.6) is 0 Å². The van der Waals surface area contributed by atoms with Crippen molar-refractivity contribution in [2.45, 2.75) is 0 Å². The van der Waals surface area contributed by atoms with Gasteiger partial charge in [-0.15, -0.1) is 0 Å². The first-order chi connectivity index (χ1) is 11.4. The maximum Gasteiger partial charge on any atom is 0.335 e. The fraction of sp³-hybridized carbons (Fsp3) is 0. The van der Waals surface area contributed by atoms with Crippen molar-refractivity contribution in [3.05, 3.63) is 70.8 Å². The van der Waals surface area contributed by atoms with Crippen LogP contribution in [0.25, 0.3) is 6.08 Å². The maximum absolute atomic E-state index is 11.8. The minimum absolute atomic E-state index is 0.0725. The van der Waals surface area contributed by atoms with Crippen LogP contribution < -0.4 is 10.6 Å². The Balaban J connectivity index is 1.92. The molecule has 0 aliphatic heterocycles. The third kappa shape index (κ3) is 5.49. The van der Waals surface area contributed by atoms with E-state index in [0.717, 1.165) is 5.56 Å². The summed E-state index contributed by atoms with van der Waals surface area (Å²) in [5, 5.41) is 14.9. The van der Waals surface area contributed by atoms with Gasteiger partial charge in [0.05, 0.1) is 5.56 Å². The van der Waals surface area contributed by atoms with E-state index in [-0.39, 0.29) is 10.7 Å². The van der Waals surface area contributed by atoms with Gasteiger partial charge in [0.1, 0.15) is 0 Å². The number of halogens is 1. The first-order valence-electron chi connectivity index (χ1n) is 6.83. The molecule has 2 aromatic rings. The fourth-order valence-electron chi connectivity index (χ4n) is 1.79. The van der Waals surface area contributed by atoms with E-state index in [1.54, 1.807) is 42.5 Å². The summed E-state index contributed by atoms with van der Waals surface area (Å²) in [6, 6.07) is 13.1. The van der Waals surface area contributed by atoms with Crippen LogP contribution in [0, 0.1) is 0 Å². The quantitative estimate of drug-likeness (QED) is 0.574. The van der Waals surface area contributed by atoms with Crippen LogP contribution in [0.1, 0.15) is 15.9 Å². The first-order valence-corrected chi connectivity index (χ1v) is 7.61. The van der Waals surface area contributed by atoms with Crippen molar-refractivity contribution in [3.63, 3.8) is 0 Å². The molecule has 0 saturated heterocycles. The number of carbonyl (C=O) groups is 2. The number of benzene rings is 2. The summed E-state index contributed by atoms with van der Waals surface area (Å²) in [5.74, 6) is -1.45. The number of carboxylic acids is 1. The number of anilines is 1. The van der Waals surface area contributed by atoms with Crippen LogP contribution in [-0.4, -0.2) is 22.1 Å². The van der Waals surface area contributed by atoms with Gasteiger partial charge >= 0.3 is 5.97 Å². The Kier molecular flexibility index (Phi) is 6.06. The molecule has 0 unspecified atom stereocenters. The monoisotopic (exact) mass is 360 g/mol. The van der Waals surface area contributed by atoms with E-state index in [4.69, 9.17) is 28.9 Å². The molecule has 122 valence electrons. The van der Waals surface area contributed by atoms with Gasteiger partial charge in [0, 0.05) is 16.8 Å². The highest BCUT2D eigenvalue weighted by Gasteiger charge is 2.05. The summed E-state index contributed by atoms with van der Waals surface area (Å²) in [5.41, 5.74) is 1.42. The molecule has 0 aromatic heterocycles. The van der Waals surface area contributed by atoms with E-state index in [0.29, 0.717) is 10.7 Å². The Morgan fingerprint density at radius 1 is 1.12 bits per heavy atom. The Bertz CT molecular complexity index is 804. The van der Waals surface area contributed by atoms with Gasteiger partial charge in [0.25, 0.3) is 0 Å². The summed E-state index contributed by atoms with van der Waals surface area (Å²) in [4.78, 5) is 22.7. The van der Waals surface area contributed by atoms with Gasteiger partial charge in [-0.3, -0.25) is 10.1 Å². The van der Waals surface area contributed by atoms with E-state index < -0.39 is 11.9 Å². The molecule has 2 rings (SSSR count). The number of nitrogens with one attached hydrogen (secondary N) is 2. The molecule has 2 aromatic carbocycles. The molecule has 0 heterocycles. The number of hydrogen-bond donors (Lipinski definition) is 3. The van der Waals surface area contributed by atoms with Crippen LogP contribution in [0.3, 0.4) is 0 Å². The van der Waals surface area contributed by atoms with E-state index in [1.807, 2.05) is 0 Å². The number of carbonyl (C=O) groups excluding carboxylic acids is 1. The molecule has 0 radical (unpaired) electrons. The van der Waals surface area contributed by atoms with Crippen molar-refractivity contribution < 1.29 is 14.7 Å². The fourth-order valence-corrected chi connectivity index (χ4v) is 2.14. The summed E-state index contributed by atoms with van der Waals surface area (Å²) >= 11 is 10.8. The molecule has 0 bridgehead atoms. The minimum Gasteiger partial charge on any atom is -0.478 e. The first kappa shape index (κ1) is 17.7. The van der Waals surface area contributed by atoms with E-state index in [1.165, 1.54) is 18.2 Å². The van der Waals surface area contributed by atoms with Gasteiger partial charge in [-0.1, -0.05) is 29.8 Å². The van der Waals surface area contributed by atoms with Gasteiger partial charge in [-0.05, 0) is 54.2 Å². The van der Waals surface area contributed by atoms with E-state index in [2.05, 4.69) is 10.6 Å². The lowest BCUT2D eigenvalue weighted by molar-refractivity contribution is -0.115. The van der Waals surface area contributed by atoms with Crippen molar-refractivity contribution in [1.82, 2.24) is 5.32 Å². The molecule has 5 nitrogen and oxygen atoms in total. The predicted octanol–water partition coefficient (Wildman–Crippen LogP) is 3.56. The van der Waals surface area contributed by atoms with Crippen molar-refractivity contribution in [2.24, 2.45) is 0 Å². The van der Waals surface area contributed by atoms with E-state index >= 15 is 0 Å². The third-order valence-electron chi connectivity index (χ3n) is 2.90. The molecule has 1 amide bonds. The molecule has 0 spiro atoms. The van der Waals surface area contributed by atoms with Crippen LogP contribution in [0.15, 0.2) is 54.6 Å². The lowest BCUT2D eigenvalue weighted by Gasteiger charge is -2.08. The summed E-state index contributed by atoms with van der Waals surface area (Å²) in [6.45, 7) is 0. The second-order valence-corrected chi connectivity index (χ2v) is 5.56. The highest BCUT2D eigenvalue weighted by atomic mass is 35.5. The Morgan fingerprint density at radius 2 is 1.83 bits per heavy atom. The van der Waals surface area contributed by atoms with Gasteiger partial charge in [-0.2, -0.15) is 0 Å². The molecule has 7 heteroatoms.